The zero-order chi connectivity index (χ0) is 15.2. The maximum Gasteiger partial charge on any atom is 0.180 e. The Morgan fingerprint density at radius 1 is 1.19 bits per heavy atom. The number of benzene rings is 2. The van der Waals surface area contributed by atoms with Crippen LogP contribution in [0.3, 0.4) is 0 Å². The van der Waals surface area contributed by atoms with Crippen LogP contribution in [0.5, 0.6) is 5.75 Å². The lowest BCUT2D eigenvalue weighted by Gasteiger charge is -2.16. The maximum absolute atomic E-state index is 13.1. The maximum atomic E-state index is 13.1. The van der Waals surface area contributed by atoms with Gasteiger partial charge in [0.1, 0.15) is 11.6 Å². The van der Waals surface area contributed by atoms with Gasteiger partial charge in [0.2, 0.25) is 0 Å². The summed E-state index contributed by atoms with van der Waals surface area (Å²) in [5.41, 5.74) is 1.40. The summed E-state index contributed by atoms with van der Waals surface area (Å²) in [6, 6.07) is 13.5. The second-order valence-electron chi connectivity index (χ2n) is 4.93. The molecule has 21 heavy (non-hydrogen) atoms. The summed E-state index contributed by atoms with van der Waals surface area (Å²) in [4.78, 5) is 14.1. The van der Waals surface area contributed by atoms with Crippen LogP contribution in [-0.4, -0.2) is 31.4 Å². The molecule has 0 aliphatic carbocycles. The zero-order valence-electron chi connectivity index (χ0n) is 12.2. The monoisotopic (exact) mass is 287 g/mol. The molecule has 3 nitrogen and oxygen atoms in total. The molecule has 0 aliphatic heterocycles. The number of nitrogens with zero attached hydrogens (tertiary/aromatic N) is 1. The number of methoxy groups -OCH3 is 1. The van der Waals surface area contributed by atoms with Gasteiger partial charge >= 0.3 is 0 Å². The standard InChI is InChI=1S/C17H18FNO2/c1-19(11-13-6-5-7-14(18)10-13)12-16(20)15-8-3-4-9-17(15)21-2/h3-10H,11-12H2,1-2H3. The van der Waals surface area contributed by atoms with Crippen molar-refractivity contribution < 1.29 is 13.9 Å². The van der Waals surface area contributed by atoms with E-state index in [2.05, 4.69) is 0 Å². The smallest absolute Gasteiger partial charge is 0.180 e. The zero-order valence-corrected chi connectivity index (χ0v) is 12.2. The lowest BCUT2D eigenvalue weighted by molar-refractivity contribution is 0.0940. The van der Waals surface area contributed by atoms with Crippen molar-refractivity contribution in [2.24, 2.45) is 0 Å². The molecule has 4 heteroatoms. The number of carbonyl (C=O) groups is 1. The first-order valence-electron chi connectivity index (χ1n) is 6.69. The van der Waals surface area contributed by atoms with Crippen molar-refractivity contribution in [2.75, 3.05) is 20.7 Å². The molecule has 0 saturated carbocycles. The molecule has 0 saturated heterocycles. The van der Waals surface area contributed by atoms with Crippen LogP contribution in [-0.2, 0) is 6.54 Å². The van der Waals surface area contributed by atoms with Crippen LogP contribution in [0.1, 0.15) is 15.9 Å². The quantitative estimate of drug-likeness (QED) is 0.764. The number of ether oxygens (including phenoxy) is 1. The van der Waals surface area contributed by atoms with E-state index in [1.165, 1.54) is 12.1 Å². The number of Topliss-reactive ketones (excluding diaryl/α,β-unsaturated/α-hetero) is 1. The number of para-hydroxylation sites is 1. The molecular formula is C17H18FNO2. The summed E-state index contributed by atoms with van der Waals surface area (Å²) in [6.07, 6.45) is 0. The summed E-state index contributed by atoms with van der Waals surface area (Å²) < 4.78 is 18.3. The fourth-order valence-corrected chi connectivity index (χ4v) is 2.21. The SMILES string of the molecule is COc1ccccc1C(=O)CN(C)Cc1cccc(F)c1. The van der Waals surface area contributed by atoms with Gasteiger partial charge in [0, 0.05) is 6.54 Å². The van der Waals surface area contributed by atoms with Crippen LogP contribution in [0.15, 0.2) is 48.5 Å². The van der Waals surface area contributed by atoms with Crippen molar-refractivity contribution in [1.29, 1.82) is 0 Å². The highest BCUT2D eigenvalue weighted by atomic mass is 19.1. The van der Waals surface area contributed by atoms with E-state index < -0.39 is 0 Å². The van der Waals surface area contributed by atoms with Gasteiger partial charge in [0.15, 0.2) is 5.78 Å². The Balaban J connectivity index is 2.02. The van der Waals surface area contributed by atoms with Crippen molar-refractivity contribution in [3.63, 3.8) is 0 Å². The molecule has 0 spiro atoms. The van der Waals surface area contributed by atoms with Crippen molar-refractivity contribution >= 4 is 5.78 Å². The number of likely N-dealkylation sites (N-methyl/N-ethyl adjacent to an activating group) is 1. The Bertz CT molecular complexity index is 628. The van der Waals surface area contributed by atoms with Crippen LogP contribution >= 0.6 is 0 Å². The number of hydrogen-bond donors (Lipinski definition) is 0. The summed E-state index contributed by atoms with van der Waals surface area (Å²) in [5.74, 6) is 0.282. The largest absolute Gasteiger partial charge is 0.496 e. The first-order valence-corrected chi connectivity index (χ1v) is 6.69. The van der Waals surface area contributed by atoms with Gasteiger partial charge in [-0.15, -0.1) is 0 Å². The summed E-state index contributed by atoms with van der Waals surface area (Å²) in [6.45, 7) is 0.759. The third-order valence-electron chi connectivity index (χ3n) is 3.16. The van der Waals surface area contributed by atoms with E-state index in [1.807, 2.05) is 30.1 Å². The first kappa shape index (κ1) is 15.2. The number of halogens is 1. The van der Waals surface area contributed by atoms with Crippen molar-refractivity contribution in [1.82, 2.24) is 4.90 Å². The Morgan fingerprint density at radius 3 is 2.67 bits per heavy atom. The highest BCUT2D eigenvalue weighted by Gasteiger charge is 2.14. The molecule has 0 N–H and O–H groups in total. The summed E-state index contributed by atoms with van der Waals surface area (Å²) >= 11 is 0. The second kappa shape index (κ2) is 6.99. The van der Waals surface area contributed by atoms with Crippen molar-refractivity contribution in [3.8, 4) is 5.75 Å². The Labute approximate surface area is 124 Å². The Kier molecular flexibility index (Phi) is 5.06. The van der Waals surface area contributed by atoms with Gasteiger partial charge in [-0.1, -0.05) is 24.3 Å². The minimum Gasteiger partial charge on any atom is -0.496 e. The van der Waals surface area contributed by atoms with Gasteiger partial charge in [-0.3, -0.25) is 9.69 Å². The molecule has 0 radical (unpaired) electrons. The van der Waals surface area contributed by atoms with Gasteiger partial charge in [-0.25, -0.2) is 4.39 Å². The minimum absolute atomic E-state index is 0.0219. The molecule has 0 bridgehead atoms. The van der Waals surface area contributed by atoms with Gasteiger partial charge < -0.3 is 4.74 Å². The van der Waals surface area contributed by atoms with E-state index in [1.54, 1.807) is 25.3 Å². The lowest BCUT2D eigenvalue weighted by atomic mass is 10.1. The molecule has 0 atom stereocenters. The molecule has 110 valence electrons. The van der Waals surface area contributed by atoms with Crippen LogP contribution in [0.25, 0.3) is 0 Å². The summed E-state index contributed by atoms with van der Waals surface area (Å²) in [7, 11) is 3.38. The van der Waals surface area contributed by atoms with Crippen molar-refractivity contribution in [3.05, 3.63) is 65.5 Å². The third kappa shape index (κ3) is 4.13. The van der Waals surface area contributed by atoms with Gasteiger partial charge in [0.05, 0.1) is 19.2 Å². The Hall–Kier alpha value is -2.20. The predicted octanol–water partition coefficient (Wildman–Crippen LogP) is 3.15. The fourth-order valence-electron chi connectivity index (χ4n) is 2.21. The van der Waals surface area contributed by atoms with E-state index in [-0.39, 0.29) is 18.1 Å². The molecule has 2 aromatic carbocycles. The third-order valence-corrected chi connectivity index (χ3v) is 3.16. The molecule has 0 fully saturated rings. The van der Waals surface area contributed by atoms with E-state index in [4.69, 9.17) is 4.74 Å². The molecular weight excluding hydrogens is 269 g/mol. The second-order valence-corrected chi connectivity index (χ2v) is 4.93. The van der Waals surface area contributed by atoms with Crippen LogP contribution in [0, 0.1) is 5.82 Å². The normalized spacial score (nSPS) is 10.7. The average Bonchev–Trinajstić information content (AvgIpc) is 2.47. The van der Waals surface area contributed by atoms with Crippen molar-refractivity contribution in [2.45, 2.75) is 6.54 Å². The first-order chi connectivity index (χ1) is 10.1. The molecule has 0 aromatic heterocycles. The highest BCUT2D eigenvalue weighted by Crippen LogP contribution is 2.18. The molecule has 0 unspecified atom stereocenters. The van der Waals surface area contributed by atoms with Crippen LogP contribution in [0.4, 0.5) is 4.39 Å². The van der Waals surface area contributed by atoms with Gasteiger partial charge in [0.25, 0.3) is 0 Å². The number of hydrogen-bond acceptors (Lipinski definition) is 3. The van der Waals surface area contributed by atoms with E-state index >= 15 is 0 Å². The topological polar surface area (TPSA) is 29.5 Å². The van der Waals surface area contributed by atoms with E-state index in [9.17, 15) is 9.18 Å². The minimum atomic E-state index is -0.267. The van der Waals surface area contributed by atoms with E-state index in [0.717, 1.165) is 5.56 Å². The molecule has 2 aromatic rings. The van der Waals surface area contributed by atoms with Gasteiger partial charge in [-0.05, 0) is 36.9 Å². The predicted molar refractivity (Wildman–Crippen MR) is 80.1 cm³/mol. The number of rotatable bonds is 6. The van der Waals surface area contributed by atoms with Crippen LogP contribution in [0.2, 0.25) is 0 Å². The van der Waals surface area contributed by atoms with Gasteiger partial charge in [-0.2, -0.15) is 0 Å². The fraction of sp³-hybridized carbons (Fsp3) is 0.235. The highest BCUT2D eigenvalue weighted by molar-refractivity contribution is 6.00. The van der Waals surface area contributed by atoms with Crippen LogP contribution < -0.4 is 4.74 Å². The molecule has 0 amide bonds. The lowest BCUT2D eigenvalue weighted by Crippen LogP contribution is -2.26. The van der Waals surface area contributed by atoms with E-state index in [0.29, 0.717) is 17.9 Å². The summed E-state index contributed by atoms with van der Waals surface area (Å²) in [5, 5.41) is 0. The average molecular weight is 287 g/mol. The Morgan fingerprint density at radius 2 is 1.95 bits per heavy atom. The molecule has 2 rings (SSSR count). The number of carbonyl (C=O) groups excluding carboxylic acids is 1. The molecule has 0 heterocycles. The molecule has 0 aliphatic rings. The number of ketones is 1.